The number of nitrogens with zero attached hydrogens (tertiary/aromatic N) is 1. The molecule has 0 aliphatic carbocycles. The minimum Gasteiger partial charge on any atom is -0.411 e. The Balaban J connectivity index is 2.14. The number of aromatic nitrogens is 1. The predicted octanol–water partition coefficient (Wildman–Crippen LogP) is 1.80. The molecule has 11 heavy (non-hydrogen) atoms. The molecule has 0 aromatic carbocycles. The first-order chi connectivity index (χ1) is 5.43. The van der Waals surface area contributed by atoms with Gasteiger partial charge in [-0.2, -0.15) is 0 Å². The van der Waals surface area contributed by atoms with Crippen LogP contribution in [-0.2, 0) is 6.42 Å². The summed E-state index contributed by atoms with van der Waals surface area (Å²) in [5.74, 6) is 0. The molecule has 0 aliphatic rings. The van der Waals surface area contributed by atoms with Crippen molar-refractivity contribution in [2.75, 3.05) is 0 Å². The lowest BCUT2D eigenvalue weighted by atomic mass is 10.2. The molecule has 0 aliphatic heterocycles. The first-order valence-corrected chi connectivity index (χ1v) is 3.71. The molecule has 0 atom stereocenters. The van der Waals surface area contributed by atoms with Gasteiger partial charge in [-0.1, -0.05) is 0 Å². The van der Waals surface area contributed by atoms with E-state index in [1.165, 1.54) is 11.9 Å². The smallest absolute Gasteiger partial charge is 0.0436 e. The molecule has 60 valence electrons. The third kappa shape index (κ3) is 2.89. The predicted molar refractivity (Wildman–Crippen MR) is 44.0 cm³/mol. The van der Waals surface area contributed by atoms with Crippen LogP contribution >= 0.6 is 0 Å². The Morgan fingerprint density at radius 3 is 3.18 bits per heavy atom. The number of aromatic amines is 1. The van der Waals surface area contributed by atoms with Crippen molar-refractivity contribution in [3.63, 3.8) is 0 Å². The van der Waals surface area contributed by atoms with Crippen molar-refractivity contribution < 1.29 is 5.21 Å². The minimum atomic E-state index is 0.829. The van der Waals surface area contributed by atoms with Gasteiger partial charge in [0.05, 0.1) is 0 Å². The molecule has 1 rings (SSSR count). The van der Waals surface area contributed by atoms with Crippen molar-refractivity contribution in [2.24, 2.45) is 5.16 Å². The highest BCUT2D eigenvalue weighted by molar-refractivity contribution is 5.55. The van der Waals surface area contributed by atoms with E-state index in [2.05, 4.69) is 16.2 Å². The molecule has 0 spiro atoms. The summed E-state index contributed by atoms with van der Waals surface area (Å²) >= 11 is 0. The molecule has 1 aromatic heterocycles. The lowest BCUT2D eigenvalue weighted by Gasteiger charge is -1.92. The highest BCUT2D eigenvalue weighted by Gasteiger charge is 1.90. The molecule has 3 heteroatoms. The van der Waals surface area contributed by atoms with Gasteiger partial charge in [-0.15, -0.1) is 5.16 Å². The Morgan fingerprint density at radius 2 is 2.55 bits per heavy atom. The van der Waals surface area contributed by atoms with E-state index in [1.54, 1.807) is 0 Å². The highest BCUT2D eigenvalue weighted by Crippen LogP contribution is 2.00. The van der Waals surface area contributed by atoms with Gasteiger partial charge < -0.3 is 10.2 Å². The maximum atomic E-state index is 8.09. The van der Waals surface area contributed by atoms with Gasteiger partial charge in [0, 0.05) is 18.1 Å². The fraction of sp³-hybridized carbons (Fsp3) is 0.375. The molecule has 2 N–H and O–H groups in total. The molecular formula is C8H12N2O. The average Bonchev–Trinajstić information content (AvgIpc) is 2.50. The number of rotatable bonds is 4. The molecule has 3 nitrogen and oxygen atoms in total. The molecule has 0 unspecified atom stereocenters. The number of oxime groups is 1. The molecule has 1 heterocycles. The van der Waals surface area contributed by atoms with E-state index < -0.39 is 0 Å². The average molecular weight is 152 g/mol. The zero-order valence-corrected chi connectivity index (χ0v) is 6.33. The molecule has 0 amide bonds. The number of nitrogens with one attached hydrogen (secondary N) is 1. The Hall–Kier alpha value is -1.25. The van der Waals surface area contributed by atoms with Crippen LogP contribution in [0.2, 0.25) is 0 Å². The van der Waals surface area contributed by atoms with Gasteiger partial charge in [-0.05, 0) is 31.4 Å². The van der Waals surface area contributed by atoms with Crippen LogP contribution in [0.15, 0.2) is 23.5 Å². The number of H-pyrrole nitrogens is 1. The maximum Gasteiger partial charge on any atom is 0.0436 e. The normalized spacial score (nSPS) is 10.9. The number of hydrogen-bond acceptors (Lipinski definition) is 2. The minimum absolute atomic E-state index is 0.829. The van der Waals surface area contributed by atoms with Crippen molar-refractivity contribution in [1.29, 1.82) is 0 Å². The second-order valence-corrected chi connectivity index (χ2v) is 2.39. The van der Waals surface area contributed by atoms with Gasteiger partial charge in [0.25, 0.3) is 0 Å². The Bertz CT molecular complexity index is 204. The lowest BCUT2D eigenvalue weighted by Crippen LogP contribution is -1.85. The summed E-state index contributed by atoms with van der Waals surface area (Å²) in [6.07, 6.45) is 6.29. The van der Waals surface area contributed by atoms with Gasteiger partial charge in [0.15, 0.2) is 0 Å². The van der Waals surface area contributed by atoms with Crippen molar-refractivity contribution in [3.05, 3.63) is 24.0 Å². The fourth-order valence-electron chi connectivity index (χ4n) is 0.965. The van der Waals surface area contributed by atoms with Gasteiger partial charge in [-0.3, -0.25) is 0 Å². The number of aryl methyl sites for hydroxylation is 1. The molecule has 0 saturated carbocycles. The summed E-state index contributed by atoms with van der Waals surface area (Å²) in [5, 5.41) is 11.0. The van der Waals surface area contributed by atoms with E-state index in [1.807, 2.05) is 12.3 Å². The highest BCUT2D eigenvalue weighted by atomic mass is 16.4. The molecule has 0 bridgehead atoms. The van der Waals surface area contributed by atoms with E-state index in [9.17, 15) is 0 Å². The van der Waals surface area contributed by atoms with E-state index in [-0.39, 0.29) is 0 Å². The first kappa shape index (κ1) is 7.85. The SMILES string of the molecule is ON=CCCCc1ccc[nH]1. The Labute approximate surface area is 65.7 Å². The quantitative estimate of drug-likeness (QED) is 0.294. The second-order valence-electron chi connectivity index (χ2n) is 2.39. The van der Waals surface area contributed by atoms with Crippen LogP contribution in [0.1, 0.15) is 18.5 Å². The monoisotopic (exact) mass is 152 g/mol. The van der Waals surface area contributed by atoms with Crippen LogP contribution in [-0.4, -0.2) is 16.4 Å². The van der Waals surface area contributed by atoms with E-state index in [4.69, 9.17) is 5.21 Å². The summed E-state index contributed by atoms with van der Waals surface area (Å²) in [6.45, 7) is 0. The third-order valence-electron chi connectivity index (χ3n) is 1.52. The van der Waals surface area contributed by atoms with Crippen molar-refractivity contribution in [3.8, 4) is 0 Å². The van der Waals surface area contributed by atoms with Crippen molar-refractivity contribution in [1.82, 2.24) is 4.98 Å². The fourth-order valence-corrected chi connectivity index (χ4v) is 0.965. The molecule has 0 saturated heterocycles. The van der Waals surface area contributed by atoms with Gasteiger partial charge in [-0.25, -0.2) is 0 Å². The lowest BCUT2D eigenvalue weighted by molar-refractivity contribution is 0.320. The number of unbranched alkanes of at least 4 members (excludes halogenated alkanes) is 1. The zero-order valence-electron chi connectivity index (χ0n) is 6.33. The Kier molecular flexibility index (Phi) is 3.25. The van der Waals surface area contributed by atoms with Gasteiger partial charge in [0.2, 0.25) is 0 Å². The molecular weight excluding hydrogens is 140 g/mol. The van der Waals surface area contributed by atoms with Crippen LogP contribution in [0.3, 0.4) is 0 Å². The molecule has 0 fully saturated rings. The second kappa shape index (κ2) is 4.55. The first-order valence-electron chi connectivity index (χ1n) is 3.71. The van der Waals surface area contributed by atoms with Crippen LogP contribution in [0.4, 0.5) is 0 Å². The summed E-state index contributed by atoms with van der Waals surface area (Å²) in [4.78, 5) is 3.11. The summed E-state index contributed by atoms with van der Waals surface area (Å²) < 4.78 is 0. The van der Waals surface area contributed by atoms with Crippen LogP contribution in [0.5, 0.6) is 0 Å². The molecule has 1 aromatic rings. The summed E-state index contributed by atoms with van der Waals surface area (Å²) in [5.41, 5.74) is 1.23. The van der Waals surface area contributed by atoms with E-state index in [0.717, 1.165) is 19.3 Å². The Morgan fingerprint density at radius 1 is 1.64 bits per heavy atom. The van der Waals surface area contributed by atoms with Gasteiger partial charge >= 0.3 is 0 Å². The van der Waals surface area contributed by atoms with Crippen molar-refractivity contribution in [2.45, 2.75) is 19.3 Å². The van der Waals surface area contributed by atoms with Gasteiger partial charge in [0.1, 0.15) is 0 Å². The topological polar surface area (TPSA) is 48.4 Å². The maximum absolute atomic E-state index is 8.09. The zero-order chi connectivity index (χ0) is 7.94. The standard InChI is InChI=1S/C8H12N2O/c11-10-7-2-1-4-8-5-3-6-9-8/h3,5-7,9,11H,1-2,4H2. The third-order valence-corrected chi connectivity index (χ3v) is 1.52. The van der Waals surface area contributed by atoms with Crippen LogP contribution in [0.25, 0.3) is 0 Å². The van der Waals surface area contributed by atoms with Crippen LogP contribution in [0, 0.1) is 0 Å². The molecule has 0 radical (unpaired) electrons. The van der Waals surface area contributed by atoms with E-state index >= 15 is 0 Å². The summed E-state index contributed by atoms with van der Waals surface area (Å²) in [6, 6.07) is 4.03. The van der Waals surface area contributed by atoms with Crippen LogP contribution < -0.4 is 0 Å². The van der Waals surface area contributed by atoms with E-state index in [0.29, 0.717) is 0 Å². The largest absolute Gasteiger partial charge is 0.411 e. The number of hydrogen-bond donors (Lipinski definition) is 2. The van der Waals surface area contributed by atoms with Crippen molar-refractivity contribution >= 4 is 6.21 Å². The summed E-state index contributed by atoms with van der Waals surface area (Å²) in [7, 11) is 0.